The molecule has 0 bridgehead atoms. The molecule has 9 heteroatoms. The zero-order chi connectivity index (χ0) is 19.4. The Bertz CT molecular complexity index is 867. The molecule has 2 N–H and O–H groups in total. The highest BCUT2D eigenvalue weighted by atomic mass is 32.2. The lowest BCUT2D eigenvalue weighted by atomic mass is 10.3. The van der Waals surface area contributed by atoms with Crippen molar-refractivity contribution in [1.29, 1.82) is 0 Å². The number of anilines is 1. The van der Waals surface area contributed by atoms with Gasteiger partial charge >= 0.3 is 0 Å². The molecule has 0 saturated carbocycles. The number of aromatic nitrogens is 2. The number of nitrogens with one attached hydrogen (secondary N) is 2. The number of sulfonamides is 1. The van der Waals surface area contributed by atoms with Crippen LogP contribution >= 0.6 is 0 Å². The van der Waals surface area contributed by atoms with E-state index < -0.39 is 10.0 Å². The second kappa shape index (κ2) is 8.20. The van der Waals surface area contributed by atoms with Crippen molar-refractivity contribution in [3.8, 4) is 0 Å². The molecule has 1 fully saturated rings. The summed E-state index contributed by atoms with van der Waals surface area (Å²) < 4.78 is 27.2. The molecule has 1 aliphatic heterocycles. The molecule has 1 amide bonds. The summed E-state index contributed by atoms with van der Waals surface area (Å²) >= 11 is 0. The smallest absolute Gasteiger partial charge is 0.246 e. The number of H-pyrrole nitrogens is 1. The van der Waals surface area contributed by atoms with Crippen LogP contribution in [0.1, 0.15) is 17.8 Å². The summed E-state index contributed by atoms with van der Waals surface area (Å²) in [5, 5.41) is 9.59. The molecular formula is C18H25N5O3S. The van der Waals surface area contributed by atoms with Gasteiger partial charge in [0.25, 0.3) is 0 Å². The van der Waals surface area contributed by atoms with Gasteiger partial charge in [0.05, 0.1) is 11.4 Å². The van der Waals surface area contributed by atoms with Crippen LogP contribution < -0.4 is 5.32 Å². The summed E-state index contributed by atoms with van der Waals surface area (Å²) in [6, 6.07) is 9.34. The van der Waals surface area contributed by atoms with Crippen LogP contribution in [-0.2, 0) is 14.8 Å². The largest absolute Gasteiger partial charge is 0.326 e. The summed E-state index contributed by atoms with van der Waals surface area (Å²) in [5.74, 6) is -0.0408. The van der Waals surface area contributed by atoms with Gasteiger partial charge in [-0.3, -0.25) is 9.89 Å². The normalized spacial score (nSPS) is 16.4. The first kappa shape index (κ1) is 19.5. The van der Waals surface area contributed by atoms with Gasteiger partial charge in [-0.2, -0.15) is 9.40 Å². The number of amides is 1. The van der Waals surface area contributed by atoms with Gasteiger partial charge in [0.15, 0.2) is 0 Å². The molecular weight excluding hydrogens is 366 g/mol. The van der Waals surface area contributed by atoms with E-state index in [9.17, 15) is 13.2 Å². The third kappa shape index (κ3) is 4.55. The lowest BCUT2D eigenvalue weighted by Crippen LogP contribution is -2.49. The Morgan fingerprint density at radius 2 is 1.81 bits per heavy atom. The molecule has 146 valence electrons. The quantitative estimate of drug-likeness (QED) is 0.775. The number of aryl methyl sites for hydroxylation is 2. The van der Waals surface area contributed by atoms with Gasteiger partial charge in [-0.25, -0.2) is 8.42 Å². The minimum atomic E-state index is -3.54. The molecule has 2 aromatic rings. The summed E-state index contributed by atoms with van der Waals surface area (Å²) in [6.45, 7) is 6.05. The van der Waals surface area contributed by atoms with E-state index in [0.29, 0.717) is 50.5 Å². The number of piperazine rings is 1. The van der Waals surface area contributed by atoms with Crippen LogP contribution in [0.3, 0.4) is 0 Å². The molecule has 0 spiro atoms. The molecule has 1 aromatic heterocycles. The number of hydrogen-bond donors (Lipinski definition) is 2. The van der Waals surface area contributed by atoms with Crippen LogP contribution in [0.2, 0.25) is 0 Å². The van der Waals surface area contributed by atoms with Crippen molar-refractivity contribution in [3.05, 3.63) is 41.7 Å². The molecule has 1 aliphatic rings. The Labute approximate surface area is 159 Å². The minimum absolute atomic E-state index is 0.0408. The van der Waals surface area contributed by atoms with E-state index in [4.69, 9.17) is 0 Å². The van der Waals surface area contributed by atoms with Crippen molar-refractivity contribution in [3.63, 3.8) is 0 Å². The van der Waals surface area contributed by atoms with Gasteiger partial charge in [-0.1, -0.05) is 18.2 Å². The van der Waals surface area contributed by atoms with Gasteiger partial charge < -0.3 is 10.2 Å². The molecule has 27 heavy (non-hydrogen) atoms. The summed E-state index contributed by atoms with van der Waals surface area (Å²) in [7, 11) is -3.54. The highest BCUT2D eigenvalue weighted by Gasteiger charge is 2.32. The van der Waals surface area contributed by atoms with Gasteiger partial charge in [-0.05, 0) is 26.0 Å². The van der Waals surface area contributed by atoms with E-state index in [0.717, 1.165) is 5.69 Å². The number of rotatable bonds is 6. The maximum atomic E-state index is 12.8. The highest BCUT2D eigenvalue weighted by molar-refractivity contribution is 7.89. The molecule has 0 radical (unpaired) electrons. The minimum Gasteiger partial charge on any atom is -0.326 e. The van der Waals surface area contributed by atoms with Crippen LogP contribution in [0.5, 0.6) is 0 Å². The number of para-hydroxylation sites is 1. The average molecular weight is 391 g/mol. The Balaban J connectivity index is 1.50. The van der Waals surface area contributed by atoms with E-state index in [-0.39, 0.29) is 10.8 Å². The fourth-order valence-corrected chi connectivity index (χ4v) is 5.00. The molecule has 0 unspecified atom stereocenters. The summed E-state index contributed by atoms with van der Waals surface area (Å²) in [6.07, 6.45) is 0.377. The third-order valence-corrected chi connectivity index (χ3v) is 6.86. The van der Waals surface area contributed by atoms with Crippen molar-refractivity contribution in [2.24, 2.45) is 0 Å². The number of hydrogen-bond acceptors (Lipinski definition) is 5. The van der Waals surface area contributed by atoms with Gasteiger partial charge in [0, 0.05) is 44.8 Å². The molecule has 0 atom stereocenters. The number of carbonyl (C=O) groups is 1. The second-order valence-corrected chi connectivity index (χ2v) is 8.55. The van der Waals surface area contributed by atoms with Gasteiger partial charge in [0.1, 0.15) is 4.90 Å². The SMILES string of the molecule is Cc1n[nH]c(C)c1S(=O)(=O)N1CCN(CCC(=O)Nc2ccccc2)CC1. The summed E-state index contributed by atoms with van der Waals surface area (Å²) in [5.41, 5.74) is 1.84. The van der Waals surface area contributed by atoms with Crippen LogP contribution in [0.4, 0.5) is 5.69 Å². The Kier molecular flexibility index (Phi) is 5.93. The van der Waals surface area contributed by atoms with Crippen molar-refractivity contribution >= 4 is 21.6 Å². The maximum absolute atomic E-state index is 12.8. The third-order valence-electron chi connectivity index (χ3n) is 4.70. The van der Waals surface area contributed by atoms with Crippen molar-refractivity contribution in [2.75, 3.05) is 38.0 Å². The lowest BCUT2D eigenvalue weighted by Gasteiger charge is -2.33. The number of aromatic amines is 1. The Morgan fingerprint density at radius 3 is 2.41 bits per heavy atom. The standard InChI is InChI=1S/C18H25N5O3S/c1-14-18(15(2)21-20-14)27(25,26)23-12-10-22(11-13-23)9-8-17(24)19-16-6-4-3-5-7-16/h3-7H,8-13H2,1-2H3,(H,19,24)(H,20,21). The first-order valence-electron chi connectivity index (χ1n) is 8.97. The zero-order valence-electron chi connectivity index (χ0n) is 15.6. The predicted octanol–water partition coefficient (Wildman–Crippen LogP) is 1.36. The van der Waals surface area contributed by atoms with E-state index in [1.807, 2.05) is 30.3 Å². The van der Waals surface area contributed by atoms with Crippen LogP contribution in [0, 0.1) is 13.8 Å². The fraction of sp³-hybridized carbons (Fsp3) is 0.444. The van der Waals surface area contributed by atoms with E-state index in [1.54, 1.807) is 13.8 Å². The van der Waals surface area contributed by atoms with Gasteiger partial charge in [-0.15, -0.1) is 0 Å². The number of benzene rings is 1. The molecule has 2 heterocycles. The number of carbonyl (C=O) groups excluding carboxylic acids is 1. The number of nitrogens with zero attached hydrogens (tertiary/aromatic N) is 3. The monoisotopic (exact) mass is 391 g/mol. The summed E-state index contributed by atoms with van der Waals surface area (Å²) in [4.78, 5) is 14.4. The molecule has 1 saturated heterocycles. The zero-order valence-corrected chi connectivity index (χ0v) is 16.4. The molecule has 0 aliphatic carbocycles. The topological polar surface area (TPSA) is 98.4 Å². The second-order valence-electron chi connectivity index (χ2n) is 6.67. The van der Waals surface area contributed by atoms with Crippen molar-refractivity contribution in [2.45, 2.75) is 25.2 Å². The highest BCUT2D eigenvalue weighted by Crippen LogP contribution is 2.22. The van der Waals surface area contributed by atoms with Crippen LogP contribution in [0.15, 0.2) is 35.2 Å². The fourth-order valence-electron chi connectivity index (χ4n) is 3.25. The van der Waals surface area contributed by atoms with E-state index >= 15 is 0 Å². The first-order valence-corrected chi connectivity index (χ1v) is 10.4. The maximum Gasteiger partial charge on any atom is 0.246 e. The first-order chi connectivity index (χ1) is 12.9. The Morgan fingerprint density at radius 1 is 1.15 bits per heavy atom. The van der Waals surface area contributed by atoms with E-state index in [1.165, 1.54) is 4.31 Å². The van der Waals surface area contributed by atoms with E-state index in [2.05, 4.69) is 20.4 Å². The van der Waals surface area contributed by atoms with Crippen molar-refractivity contribution < 1.29 is 13.2 Å². The lowest BCUT2D eigenvalue weighted by molar-refractivity contribution is -0.116. The average Bonchev–Trinajstić information content (AvgIpc) is 3.00. The molecule has 8 nitrogen and oxygen atoms in total. The van der Waals surface area contributed by atoms with Crippen LogP contribution in [0.25, 0.3) is 0 Å². The van der Waals surface area contributed by atoms with Gasteiger partial charge in [0.2, 0.25) is 15.9 Å². The Hall–Kier alpha value is -2.23. The van der Waals surface area contributed by atoms with Crippen molar-refractivity contribution in [1.82, 2.24) is 19.4 Å². The predicted molar refractivity (Wildman–Crippen MR) is 103 cm³/mol. The molecule has 3 rings (SSSR count). The molecule has 1 aromatic carbocycles. The van der Waals surface area contributed by atoms with Crippen LogP contribution in [-0.4, -0.2) is 66.5 Å².